The van der Waals surface area contributed by atoms with E-state index in [-0.39, 0.29) is 0 Å². The molecule has 0 unspecified atom stereocenters. The minimum atomic E-state index is 1.02. The van der Waals surface area contributed by atoms with E-state index in [4.69, 9.17) is 0 Å². The summed E-state index contributed by atoms with van der Waals surface area (Å²) in [6.45, 7) is 6.80. The van der Waals surface area contributed by atoms with E-state index < -0.39 is 0 Å². The van der Waals surface area contributed by atoms with Crippen LogP contribution in [0.25, 0.3) is 0 Å². The number of aryl methyl sites for hydroxylation is 2. The average molecular weight is 522 g/mol. The molecule has 0 saturated carbocycles. The number of nitrogens with zero attached hydrogens (tertiary/aromatic N) is 3. The van der Waals surface area contributed by atoms with Crippen molar-refractivity contribution in [1.82, 2.24) is 0 Å². The molecule has 2 aromatic rings. The summed E-state index contributed by atoms with van der Waals surface area (Å²) in [5.41, 5.74) is 2.18. The second kappa shape index (κ2) is 22.9. The molecule has 0 spiro atoms. The van der Waals surface area contributed by atoms with Crippen molar-refractivity contribution in [1.29, 1.82) is 0 Å². The lowest BCUT2D eigenvalue weighted by Gasteiger charge is -2.02. The maximum absolute atomic E-state index is 4.68. The smallest absolute Gasteiger partial charge is 0.170 e. The van der Waals surface area contributed by atoms with Gasteiger partial charge in [0, 0.05) is 48.9 Å². The maximum atomic E-state index is 4.68. The van der Waals surface area contributed by atoms with Gasteiger partial charge in [-0.05, 0) is 12.8 Å². The first-order valence-corrected chi connectivity index (χ1v) is 16.3. The minimum Gasteiger partial charge on any atom is -0.256 e. The van der Waals surface area contributed by atoms with Gasteiger partial charge in [-0.2, -0.15) is 0 Å². The van der Waals surface area contributed by atoms with Crippen molar-refractivity contribution >= 4 is 11.9 Å². The molecule has 0 fully saturated rings. The van der Waals surface area contributed by atoms with Gasteiger partial charge in [0.15, 0.2) is 24.8 Å². The number of aliphatic imine (C=N–C) groups is 1. The van der Waals surface area contributed by atoms with Gasteiger partial charge < -0.3 is 0 Å². The molecule has 0 atom stereocenters. The Bertz CT molecular complexity index is 741. The van der Waals surface area contributed by atoms with Gasteiger partial charge in [0.25, 0.3) is 0 Å². The summed E-state index contributed by atoms with van der Waals surface area (Å²) >= 11 is 0. The van der Waals surface area contributed by atoms with Gasteiger partial charge in [-0.25, -0.2) is 9.13 Å². The molecular weight excluding hydrogens is 462 g/mol. The normalized spacial score (nSPS) is 11.5. The van der Waals surface area contributed by atoms with Crippen LogP contribution < -0.4 is 9.13 Å². The first kappa shape index (κ1) is 32.2. The summed E-state index contributed by atoms with van der Waals surface area (Å²) in [6, 6.07) is 8.60. The second-order valence-electron chi connectivity index (χ2n) is 11.3. The van der Waals surface area contributed by atoms with Crippen LogP contribution in [-0.4, -0.2) is 6.21 Å². The van der Waals surface area contributed by atoms with E-state index in [2.05, 4.69) is 77.0 Å². The third kappa shape index (κ3) is 16.7. The van der Waals surface area contributed by atoms with Crippen LogP contribution in [0.15, 0.2) is 54.0 Å². The van der Waals surface area contributed by atoms with Crippen LogP contribution in [0, 0.1) is 0 Å². The highest BCUT2D eigenvalue weighted by molar-refractivity contribution is 5.81. The molecule has 0 N–H and O–H groups in total. The lowest BCUT2D eigenvalue weighted by atomic mass is 10.1. The first-order valence-electron chi connectivity index (χ1n) is 16.3. The Hall–Kier alpha value is -2.03. The van der Waals surface area contributed by atoms with Crippen LogP contribution in [0.1, 0.15) is 148 Å². The summed E-state index contributed by atoms with van der Waals surface area (Å²) in [6.07, 6.45) is 38.5. The predicted molar refractivity (Wildman–Crippen MR) is 164 cm³/mol. The largest absolute Gasteiger partial charge is 0.256 e. The molecule has 2 aromatic heterocycles. The van der Waals surface area contributed by atoms with E-state index in [1.165, 1.54) is 128 Å². The predicted octanol–water partition coefficient (Wildman–Crippen LogP) is 9.85. The van der Waals surface area contributed by atoms with E-state index in [0.717, 1.165) is 24.3 Å². The molecule has 2 rings (SSSR count). The zero-order valence-electron chi connectivity index (χ0n) is 25.1. The molecule has 0 bridgehead atoms. The van der Waals surface area contributed by atoms with Crippen molar-refractivity contribution in [3.63, 3.8) is 0 Å². The molecule has 2 heterocycles. The van der Waals surface area contributed by atoms with Crippen molar-refractivity contribution < 1.29 is 9.13 Å². The van der Waals surface area contributed by atoms with Gasteiger partial charge in [0.2, 0.25) is 0 Å². The van der Waals surface area contributed by atoms with Gasteiger partial charge in [-0.15, -0.1) is 0 Å². The van der Waals surface area contributed by atoms with Crippen molar-refractivity contribution in [2.24, 2.45) is 4.99 Å². The fraction of sp³-hybridized carbons (Fsp3) is 0.686. The van der Waals surface area contributed by atoms with Gasteiger partial charge in [-0.3, -0.25) is 4.99 Å². The molecule has 0 aliphatic carbocycles. The highest BCUT2D eigenvalue weighted by Crippen LogP contribution is 2.12. The molecule has 0 radical (unpaired) electrons. The zero-order chi connectivity index (χ0) is 26.9. The fourth-order valence-corrected chi connectivity index (χ4v) is 5.10. The van der Waals surface area contributed by atoms with Gasteiger partial charge >= 0.3 is 0 Å². The van der Waals surface area contributed by atoms with Crippen molar-refractivity contribution in [2.45, 2.75) is 155 Å². The molecule has 3 nitrogen and oxygen atoms in total. The second-order valence-corrected chi connectivity index (χ2v) is 11.3. The fourth-order valence-electron chi connectivity index (χ4n) is 5.10. The number of aromatic nitrogens is 2. The number of pyridine rings is 2. The van der Waals surface area contributed by atoms with Crippen LogP contribution >= 0.6 is 0 Å². The summed E-state index contributed by atoms with van der Waals surface area (Å²) in [5, 5.41) is 0. The van der Waals surface area contributed by atoms with Gasteiger partial charge in [0.1, 0.15) is 13.1 Å². The van der Waals surface area contributed by atoms with Crippen LogP contribution in [0.2, 0.25) is 0 Å². The summed E-state index contributed by atoms with van der Waals surface area (Å²) in [5.74, 6) is 0. The van der Waals surface area contributed by atoms with E-state index in [1.807, 2.05) is 6.21 Å². The molecule has 0 amide bonds. The number of hydrogen-bond acceptors (Lipinski definition) is 1. The quantitative estimate of drug-likeness (QED) is 0.0744. The van der Waals surface area contributed by atoms with Crippen molar-refractivity contribution in [3.8, 4) is 0 Å². The number of unbranched alkanes of at least 4 members (excludes halogenated alkanes) is 18. The molecular formula is C35H59N3+2. The number of hydrogen-bond donors (Lipinski definition) is 0. The Labute approximate surface area is 235 Å². The van der Waals surface area contributed by atoms with E-state index in [1.54, 1.807) is 0 Å². The Morgan fingerprint density at radius 1 is 0.474 bits per heavy atom. The first-order chi connectivity index (χ1) is 18.8. The molecule has 212 valence electrons. The van der Waals surface area contributed by atoms with Crippen molar-refractivity contribution in [3.05, 3.63) is 54.6 Å². The topological polar surface area (TPSA) is 20.1 Å². The van der Waals surface area contributed by atoms with Gasteiger partial charge in [-0.1, -0.05) is 117 Å². The zero-order valence-corrected chi connectivity index (χ0v) is 25.1. The Kier molecular flexibility index (Phi) is 19.4. The monoisotopic (exact) mass is 521 g/mol. The van der Waals surface area contributed by atoms with Gasteiger partial charge in [0.05, 0.1) is 5.69 Å². The lowest BCUT2D eigenvalue weighted by molar-refractivity contribution is -0.697. The Balaban J connectivity index is 1.53. The van der Waals surface area contributed by atoms with Crippen LogP contribution in [-0.2, 0) is 13.1 Å². The molecule has 38 heavy (non-hydrogen) atoms. The molecule has 0 aliphatic heterocycles. The molecule has 0 saturated heterocycles. The van der Waals surface area contributed by atoms with E-state index in [9.17, 15) is 0 Å². The SMILES string of the molecule is CCCCCCCCCCCC[n+]1ccc(C=Nc2cc[n+](CCCCCCCCCCCC)cc2)cc1. The third-order valence-electron chi connectivity index (χ3n) is 7.69. The third-order valence-corrected chi connectivity index (χ3v) is 7.69. The molecule has 0 aromatic carbocycles. The van der Waals surface area contributed by atoms with E-state index in [0.29, 0.717) is 0 Å². The van der Waals surface area contributed by atoms with Crippen LogP contribution in [0.4, 0.5) is 5.69 Å². The highest BCUT2D eigenvalue weighted by atomic mass is 14.9. The van der Waals surface area contributed by atoms with Crippen LogP contribution in [0.5, 0.6) is 0 Å². The standard InChI is InChI=1S/C35H59N3/c1-3-5-7-9-11-13-15-17-19-21-27-37-29-23-34(24-30-37)33-36-35-25-31-38(32-26-35)28-22-20-18-16-14-12-10-8-6-4-2/h23-26,29-33H,3-22,27-28H2,1-2H3/q+2. The van der Waals surface area contributed by atoms with E-state index >= 15 is 0 Å². The maximum Gasteiger partial charge on any atom is 0.170 e. The Morgan fingerprint density at radius 2 is 0.816 bits per heavy atom. The summed E-state index contributed by atoms with van der Waals surface area (Å²) in [4.78, 5) is 4.68. The average Bonchev–Trinajstić information content (AvgIpc) is 2.95. The Morgan fingerprint density at radius 3 is 1.21 bits per heavy atom. The highest BCUT2D eigenvalue weighted by Gasteiger charge is 2.03. The summed E-state index contributed by atoms with van der Waals surface area (Å²) in [7, 11) is 0. The molecule has 0 aliphatic rings. The molecule has 3 heteroatoms. The van der Waals surface area contributed by atoms with Crippen LogP contribution in [0.3, 0.4) is 0 Å². The lowest BCUT2D eigenvalue weighted by Crippen LogP contribution is -2.32. The number of rotatable bonds is 24. The summed E-state index contributed by atoms with van der Waals surface area (Å²) < 4.78 is 4.60. The minimum absolute atomic E-state index is 1.02. The van der Waals surface area contributed by atoms with Crippen molar-refractivity contribution in [2.75, 3.05) is 0 Å².